The third kappa shape index (κ3) is 4.57. The fourth-order valence-corrected chi connectivity index (χ4v) is 2.75. The van der Waals surface area contributed by atoms with Gasteiger partial charge in [0.2, 0.25) is 5.91 Å². The van der Waals surface area contributed by atoms with Crippen LogP contribution in [0, 0.1) is 11.8 Å². The molecule has 1 aliphatic rings. The smallest absolute Gasteiger partial charge is 0.253 e. The second-order valence-corrected chi connectivity index (χ2v) is 7.19. The van der Waals surface area contributed by atoms with Crippen LogP contribution in [-0.4, -0.2) is 47.1 Å². The van der Waals surface area contributed by atoms with Gasteiger partial charge in [-0.1, -0.05) is 32.0 Å². The molecule has 1 fully saturated rings. The van der Waals surface area contributed by atoms with Gasteiger partial charge in [-0.05, 0) is 37.8 Å². The van der Waals surface area contributed by atoms with E-state index in [-0.39, 0.29) is 30.2 Å². The lowest BCUT2D eigenvalue weighted by Crippen LogP contribution is -2.49. The van der Waals surface area contributed by atoms with Crippen molar-refractivity contribution in [3.8, 4) is 0 Å². The van der Waals surface area contributed by atoms with Gasteiger partial charge < -0.3 is 15.3 Å². The molecule has 5 heteroatoms. The Bertz CT molecular complexity index is 569. The van der Waals surface area contributed by atoms with Crippen LogP contribution in [0.25, 0.3) is 0 Å². The standard InChI is InChI=1S/C19H28N2O3/c1-14(2)19(3,24)13-20-17(22)16-10-7-11-21(12-16)18(23)15-8-5-4-6-9-15/h4-6,8-9,14,16,24H,7,10-13H2,1-3H3,(H,20,22). The molecule has 0 radical (unpaired) electrons. The van der Waals surface area contributed by atoms with Gasteiger partial charge >= 0.3 is 0 Å². The van der Waals surface area contributed by atoms with Gasteiger partial charge in [0.05, 0.1) is 11.5 Å². The highest BCUT2D eigenvalue weighted by Crippen LogP contribution is 2.20. The summed E-state index contributed by atoms with van der Waals surface area (Å²) in [7, 11) is 0. The SMILES string of the molecule is CC(C)C(C)(O)CNC(=O)C1CCCN(C(=O)c2ccccc2)C1. The van der Waals surface area contributed by atoms with Crippen LogP contribution in [0.3, 0.4) is 0 Å². The maximum Gasteiger partial charge on any atom is 0.253 e. The average molecular weight is 332 g/mol. The predicted molar refractivity (Wildman–Crippen MR) is 93.5 cm³/mol. The maximum atomic E-state index is 12.5. The first-order valence-corrected chi connectivity index (χ1v) is 8.65. The lowest BCUT2D eigenvalue weighted by Gasteiger charge is -2.33. The van der Waals surface area contributed by atoms with E-state index in [2.05, 4.69) is 5.32 Å². The molecule has 132 valence electrons. The zero-order valence-corrected chi connectivity index (χ0v) is 14.8. The average Bonchev–Trinajstić information content (AvgIpc) is 2.59. The Kier molecular flexibility index (Phi) is 5.99. The van der Waals surface area contributed by atoms with Gasteiger partial charge in [-0.15, -0.1) is 0 Å². The van der Waals surface area contributed by atoms with E-state index in [1.54, 1.807) is 24.0 Å². The Hall–Kier alpha value is -1.88. The third-order valence-electron chi connectivity index (χ3n) is 4.96. The van der Waals surface area contributed by atoms with E-state index >= 15 is 0 Å². The van der Waals surface area contributed by atoms with Gasteiger partial charge in [-0.3, -0.25) is 9.59 Å². The molecule has 1 saturated heterocycles. The predicted octanol–water partition coefficient (Wildman–Crippen LogP) is 2.06. The molecular formula is C19H28N2O3. The minimum atomic E-state index is -0.927. The highest BCUT2D eigenvalue weighted by Gasteiger charge is 2.31. The monoisotopic (exact) mass is 332 g/mol. The van der Waals surface area contributed by atoms with E-state index in [0.717, 1.165) is 12.8 Å². The van der Waals surface area contributed by atoms with Gasteiger partial charge in [0.1, 0.15) is 0 Å². The second-order valence-electron chi connectivity index (χ2n) is 7.19. The van der Waals surface area contributed by atoms with Crippen LogP contribution in [0.5, 0.6) is 0 Å². The number of likely N-dealkylation sites (tertiary alicyclic amines) is 1. The number of carbonyl (C=O) groups is 2. The number of benzene rings is 1. The Labute approximate surface area is 144 Å². The summed E-state index contributed by atoms with van der Waals surface area (Å²) >= 11 is 0. The van der Waals surface area contributed by atoms with Crippen LogP contribution in [0.1, 0.15) is 44.0 Å². The normalized spacial score (nSPS) is 20.5. The van der Waals surface area contributed by atoms with Crippen molar-refractivity contribution in [2.45, 2.75) is 39.2 Å². The summed E-state index contributed by atoms with van der Waals surface area (Å²) in [6.45, 7) is 6.92. The van der Waals surface area contributed by atoms with Crippen LogP contribution in [0.15, 0.2) is 30.3 Å². The molecular weight excluding hydrogens is 304 g/mol. The number of aliphatic hydroxyl groups is 1. The van der Waals surface area contributed by atoms with Crippen molar-refractivity contribution in [2.75, 3.05) is 19.6 Å². The van der Waals surface area contributed by atoms with Crippen molar-refractivity contribution >= 4 is 11.8 Å². The summed E-state index contributed by atoms with van der Waals surface area (Å²) in [5.41, 5.74) is -0.273. The van der Waals surface area contributed by atoms with E-state index in [1.165, 1.54) is 0 Å². The number of nitrogens with zero attached hydrogens (tertiary/aromatic N) is 1. The number of hydrogen-bond donors (Lipinski definition) is 2. The van der Waals surface area contributed by atoms with Crippen LogP contribution in [-0.2, 0) is 4.79 Å². The van der Waals surface area contributed by atoms with Crippen LogP contribution in [0.2, 0.25) is 0 Å². The number of nitrogens with one attached hydrogen (secondary N) is 1. The largest absolute Gasteiger partial charge is 0.388 e. The molecule has 5 nitrogen and oxygen atoms in total. The highest BCUT2D eigenvalue weighted by atomic mass is 16.3. The van der Waals surface area contributed by atoms with Crippen molar-refractivity contribution in [3.05, 3.63) is 35.9 Å². The Morgan fingerprint density at radius 2 is 2.00 bits per heavy atom. The van der Waals surface area contributed by atoms with Gasteiger partial charge in [0.25, 0.3) is 5.91 Å². The third-order valence-corrected chi connectivity index (χ3v) is 4.96. The molecule has 2 N–H and O–H groups in total. The quantitative estimate of drug-likeness (QED) is 0.867. The maximum absolute atomic E-state index is 12.5. The number of rotatable bonds is 5. The number of carbonyl (C=O) groups excluding carboxylic acids is 2. The van der Waals surface area contributed by atoms with E-state index in [1.807, 2.05) is 32.0 Å². The summed E-state index contributed by atoms with van der Waals surface area (Å²) in [6, 6.07) is 9.16. The molecule has 0 aromatic heterocycles. The van der Waals surface area contributed by atoms with Crippen LogP contribution >= 0.6 is 0 Å². The number of amides is 2. The molecule has 1 heterocycles. The summed E-state index contributed by atoms with van der Waals surface area (Å²) < 4.78 is 0. The number of hydrogen-bond acceptors (Lipinski definition) is 3. The molecule has 1 aromatic rings. The van der Waals surface area contributed by atoms with Gasteiger partial charge in [-0.2, -0.15) is 0 Å². The van der Waals surface area contributed by atoms with Crippen molar-refractivity contribution in [2.24, 2.45) is 11.8 Å². The van der Waals surface area contributed by atoms with Crippen molar-refractivity contribution < 1.29 is 14.7 Å². The molecule has 1 aliphatic heterocycles. The van der Waals surface area contributed by atoms with E-state index in [4.69, 9.17) is 0 Å². The number of piperidine rings is 1. The molecule has 2 amide bonds. The Morgan fingerprint density at radius 3 is 2.62 bits per heavy atom. The van der Waals surface area contributed by atoms with Crippen LogP contribution < -0.4 is 5.32 Å². The van der Waals surface area contributed by atoms with Crippen molar-refractivity contribution in [3.63, 3.8) is 0 Å². The highest BCUT2D eigenvalue weighted by molar-refractivity contribution is 5.94. The molecule has 2 atom stereocenters. The van der Waals surface area contributed by atoms with Crippen molar-refractivity contribution in [1.29, 1.82) is 0 Å². The minimum absolute atomic E-state index is 0.0257. The summed E-state index contributed by atoms with van der Waals surface area (Å²) in [6.07, 6.45) is 1.59. The fraction of sp³-hybridized carbons (Fsp3) is 0.579. The Balaban J connectivity index is 1.93. The second kappa shape index (κ2) is 7.79. The zero-order chi connectivity index (χ0) is 17.7. The summed E-state index contributed by atoms with van der Waals surface area (Å²) in [4.78, 5) is 26.7. The summed E-state index contributed by atoms with van der Waals surface area (Å²) in [5.74, 6) is -0.265. The van der Waals surface area contributed by atoms with E-state index in [9.17, 15) is 14.7 Å². The minimum Gasteiger partial charge on any atom is -0.388 e. The molecule has 2 rings (SSSR count). The fourth-order valence-electron chi connectivity index (χ4n) is 2.75. The van der Waals surface area contributed by atoms with Gasteiger partial charge in [-0.25, -0.2) is 0 Å². The van der Waals surface area contributed by atoms with Gasteiger partial charge in [0.15, 0.2) is 0 Å². The van der Waals surface area contributed by atoms with E-state index < -0.39 is 5.60 Å². The molecule has 24 heavy (non-hydrogen) atoms. The Morgan fingerprint density at radius 1 is 1.33 bits per heavy atom. The first-order chi connectivity index (χ1) is 11.3. The molecule has 0 saturated carbocycles. The molecule has 2 unspecified atom stereocenters. The van der Waals surface area contributed by atoms with Crippen LogP contribution in [0.4, 0.5) is 0 Å². The first-order valence-electron chi connectivity index (χ1n) is 8.65. The topological polar surface area (TPSA) is 69.6 Å². The molecule has 1 aromatic carbocycles. The molecule has 0 spiro atoms. The lowest BCUT2D eigenvalue weighted by atomic mass is 9.91. The molecule has 0 aliphatic carbocycles. The lowest BCUT2D eigenvalue weighted by molar-refractivity contribution is -0.127. The summed E-state index contributed by atoms with van der Waals surface area (Å²) in [5, 5.41) is 13.1. The zero-order valence-electron chi connectivity index (χ0n) is 14.8. The van der Waals surface area contributed by atoms with E-state index in [0.29, 0.717) is 18.7 Å². The first kappa shape index (κ1) is 18.5. The van der Waals surface area contributed by atoms with Gasteiger partial charge in [0, 0.05) is 25.2 Å². The van der Waals surface area contributed by atoms with Crippen molar-refractivity contribution in [1.82, 2.24) is 10.2 Å². The molecule has 0 bridgehead atoms.